The molecule has 1 rings (SSSR count). The predicted octanol–water partition coefficient (Wildman–Crippen LogP) is 1.68. The molecule has 1 aromatic carbocycles. The molecule has 4 nitrogen and oxygen atoms in total. The Labute approximate surface area is 101 Å². The van der Waals surface area contributed by atoms with Crippen LogP contribution in [-0.4, -0.2) is 17.5 Å². The molecular formula is C13H15N3O. The zero-order valence-electron chi connectivity index (χ0n) is 9.76. The summed E-state index contributed by atoms with van der Waals surface area (Å²) in [4.78, 5) is 11.2. The number of hydrogen-bond donors (Lipinski definition) is 1. The van der Waals surface area contributed by atoms with Gasteiger partial charge in [-0.1, -0.05) is 31.2 Å². The van der Waals surface area contributed by atoms with E-state index in [1.165, 1.54) is 5.01 Å². The van der Waals surface area contributed by atoms with E-state index in [0.29, 0.717) is 18.5 Å². The molecule has 0 unspecified atom stereocenters. The number of nitrogens with two attached hydrogens (primary N) is 1. The maximum absolute atomic E-state index is 11.2. The molecule has 0 saturated heterocycles. The van der Waals surface area contributed by atoms with Gasteiger partial charge in [0, 0.05) is 6.42 Å². The minimum absolute atomic E-state index is 0.0884. The monoisotopic (exact) mass is 229 g/mol. The van der Waals surface area contributed by atoms with Crippen molar-refractivity contribution in [1.82, 2.24) is 5.01 Å². The van der Waals surface area contributed by atoms with Gasteiger partial charge >= 0.3 is 0 Å². The molecule has 0 bridgehead atoms. The van der Waals surface area contributed by atoms with Gasteiger partial charge in [-0.25, -0.2) is 5.84 Å². The lowest BCUT2D eigenvalue weighted by Gasteiger charge is -2.12. The molecule has 0 spiro atoms. The van der Waals surface area contributed by atoms with Gasteiger partial charge in [0.25, 0.3) is 0 Å². The Morgan fingerprint density at radius 3 is 2.65 bits per heavy atom. The van der Waals surface area contributed by atoms with Crippen molar-refractivity contribution in [3.05, 3.63) is 41.5 Å². The predicted molar refractivity (Wildman–Crippen MR) is 66.4 cm³/mol. The summed E-state index contributed by atoms with van der Waals surface area (Å²) in [6.07, 6.45) is 4.08. The lowest BCUT2D eigenvalue weighted by Crippen LogP contribution is -2.36. The zero-order valence-corrected chi connectivity index (χ0v) is 9.76. The second-order valence-electron chi connectivity index (χ2n) is 3.54. The number of carbonyl (C=O) groups excluding carboxylic acids is 1. The van der Waals surface area contributed by atoms with Gasteiger partial charge in [-0.05, 0) is 17.7 Å². The largest absolute Gasteiger partial charge is 0.277 e. The van der Waals surface area contributed by atoms with E-state index in [1.807, 2.05) is 24.3 Å². The summed E-state index contributed by atoms with van der Waals surface area (Å²) in [6.45, 7) is 2.15. The van der Waals surface area contributed by atoms with Crippen molar-refractivity contribution in [2.45, 2.75) is 13.3 Å². The maximum atomic E-state index is 11.2. The van der Waals surface area contributed by atoms with Crippen LogP contribution < -0.4 is 5.84 Å². The minimum atomic E-state index is -0.0884. The van der Waals surface area contributed by atoms with Crippen LogP contribution in [-0.2, 0) is 4.79 Å². The Kier molecular flexibility index (Phi) is 4.92. The molecule has 0 aromatic heterocycles. The molecule has 17 heavy (non-hydrogen) atoms. The van der Waals surface area contributed by atoms with Gasteiger partial charge in [-0.2, -0.15) is 5.26 Å². The molecule has 4 heteroatoms. The number of benzene rings is 1. The minimum Gasteiger partial charge on any atom is -0.277 e. The molecule has 0 atom stereocenters. The third kappa shape index (κ3) is 4.09. The van der Waals surface area contributed by atoms with E-state index < -0.39 is 0 Å². The molecule has 0 aliphatic carbocycles. The highest BCUT2D eigenvalue weighted by Crippen LogP contribution is 2.05. The Morgan fingerprint density at radius 2 is 2.12 bits per heavy atom. The molecule has 0 radical (unpaired) electrons. The maximum Gasteiger partial charge on any atom is 0.236 e. The van der Waals surface area contributed by atoms with E-state index in [1.54, 1.807) is 19.1 Å². The first-order valence-electron chi connectivity index (χ1n) is 5.39. The van der Waals surface area contributed by atoms with Gasteiger partial charge in [0.1, 0.15) is 0 Å². The van der Waals surface area contributed by atoms with Crippen LogP contribution in [0.25, 0.3) is 6.08 Å². The summed E-state index contributed by atoms with van der Waals surface area (Å²) in [6, 6.07) is 9.24. The fourth-order valence-corrected chi connectivity index (χ4v) is 1.28. The number of rotatable bonds is 4. The van der Waals surface area contributed by atoms with Crippen LogP contribution in [0.5, 0.6) is 0 Å². The van der Waals surface area contributed by atoms with Gasteiger partial charge in [-0.15, -0.1) is 0 Å². The standard InChI is InChI=1S/C13H15N3O/c1-2-13(17)16(15)9-3-4-11-5-7-12(10-14)8-6-11/h3-8H,2,9,15H2,1H3. The van der Waals surface area contributed by atoms with E-state index in [2.05, 4.69) is 6.07 Å². The number of amides is 1. The normalized spacial score (nSPS) is 10.2. The van der Waals surface area contributed by atoms with Crippen LogP contribution in [0.3, 0.4) is 0 Å². The lowest BCUT2D eigenvalue weighted by molar-refractivity contribution is -0.130. The first-order valence-corrected chi connectivity index (χ1v) is 5.39. The van der Waals surface area contributed by atoms with Gasteiger partial charge in [-0.3, -0.25) is 9.80 Å². The summed E-state index contributed by atoms with van der Waals surface area (Å²) in [5.41, 5.74) is 1.60. The number of hydrogen-bond acceptors (Lipinski definition) is 3. The van der Waals surface area contributed by atoms with Crippen molar-refractivity contribution in [2.75, 3.05) is 6.54 Å². The van der Waals surface area contributed by atoms with Crippen LogP contribution in [0.15, 0.2) is 30.3 Å². The summed E-state index contributed by atoms with van der Waals surface area (Å²) in [7, 11) is 0. The number of carbonyl (C=O) groups is 1. The smallest absolute Gasteiger partial charge is 0.236 e. The topological polar surface area (TPSA) is 70.1 Å². The van der Waals surface area contributed by atoms with Crippen LogP contribution >= 0.6 is 0 Å². The van der Waals surface area contributed by atoms with Crippen molar-refractivity contribution in [2.24, 2.45) is 5.84 Å². The molecule has 0 aliphatic heterocycles. The third-order valence-corrected chi connectivity index (χ3v) is 2.27. The van der Waals surface area contributed by atoms with Gasteiger partial charge in [0.05, 0.1) is 18.2 Å². The van der Waals surface area contributed by atoms with Gasteiger partial charge in [0.15, 0.2) is 0 Å². The first-order chi connectivity index (χ1) is 8.17. The van der Waals surface area contributed by atoms with E-state index in [0.717, 1.165) is 5.56 Å². The van der Waals surface area contributed by atoms with Crippen molar-refractivity contribution in [3.63, 3.8) is 0 Å². The Balaban J connectivity index is 2.54. The summed E-state index contributed by atoms with van der Waals surface area (Å²) >= 11 is 0. The molecule has 0 fully saturated rings. The molecule has 0 saturated carbocycles. The number of nitrogens with zero attached hydrogens (tertiary/aromatic N) is 2. The second-order valence-corrected chi connectivity index (χ2v) is 3.54. The number of nitriles is 1. The zero-order chi connectivity index (χ0) is 12.7. The molecule has 0 aliphatic rings. The third-order valence-electron chi connectivity index (χ3n) is 2.27. The van der Waals surface area contributed by atoms with E-state index in [4.69, 9.17) is 11.1 Å². The van der Waals surface area contributed by atoms with Crippen molar-refractivity contribution < 1.29 is 4.79 Å². The van der Waals surface area contributed by atoms with Crippen LogP contribution in [0.1, 0.15) is 24.5 Å². The van der Waals surface area contributed by atoms with E-state index >= 15 is 0 Å². The fourth-order valence-electron chi connectivity index (χ4n) is 1.28. The highest BCUT2D eigenvalue weighted by atomic mass is 16.2. The highest BCUT2D eigenvalue weighted by Gasteiger charge is 2.02. The average molecular weight is 229 g/mol. The van der Waals surface area contributed by atoms with Crippen LogP contribution in [0.2, 0.25) is 0 Å². The van der Waals surface area contributed by atoms with E-state index in [-0.39, 0.29) is 5.91 Å². The van der Waals surface area contributed by atoms with Crippen molar-refractivity contribution >= 4 is 12.0 Å². The summed E-state index contributed by atoms with van der Waals surface area (Å²) in [5.74, 6) is 5.44. The Bertz CT molecular complexity index is 443. The van der Waals surface area contributed by atoms with Crippen LogP contribution in [0, 0.1) is 11.3 Å². The lowest BCUT2D eigenvalue weighted by atomic mass is 10.1. The molecule has 1 amide bonds. The van der Waals surface area contributed by atoms with Gasteiger partial charge < -0.3 is 0 Å². The molecule has 0 heterocycles. The number of hydrazine groups is 1. The summed E-state index contributed by atoms with van der Waals surface area (Å²) in [5, 5.41) is 9.82. The fraction of sp³-hybridized carbons (Fsp3) is 0.231. The molecule has 1 aromatic rings. The van der Waals surface area contributed by atoms with Crippen LogP contribution in [0.4, 0.5) is 0 Å². The average Bonchev–Trinajstić information content (AvgIpc) is 2.38. The Morgan fingerprint density at radius 1 is 1.47 bits per heavy atom. The van der Waals surface area contributed by atoms with E-state index in [9.17, 15) is 4.79 Å². The summed E-state index contributed by atoms with van der Waals surface area (Å²) < 4.78 is 0. The van der Waals surface area contributed by atoms with Gasteiger partial charge in [0.2, 0.25) is 5.91 Å². The molecule has 2 N–H and O–H groups in total. The first kappa shape index (κ1) is 12.9. The SMILES string of the molecule is CCC(=O)N(N)CC=Cc1ccc(C#N)cc1. The molecule has 88 valence electrons. The highest BCUT2D eigenvalue weighted by molar-refractivity contribution is 5.75. The second kappa shape index (κ2) is 6.46. The molecular weight excluding hydrogens is 214 g/mol. The quantitative estimate of drug-likeness (QED) is 0.485. The van der Waals surface area contributed by atoms with Crippen molar-refractivity contribution in [1.29, 1.82) is 5.26 Å². The van der Waals surface area contributed by atoms with Crippen molar-refractivity contribution in [3.8, 4) is 6.07 Å². The Hall–Kier alpha value is -2.12.